The predicted molar refractivity (Wildman–Crippen MR) is 77.8 cm³/mol. The average Bonchev–Trinajstić information content (AvgIpc) is 2.56. The van der Waals surface area contributed by atoms with Crippen molar-refractivity contribution < 1.29 is 9.90 Å². The topological polar surface area (TPSA) is 121 Å². The van der Waals surface area contributed by atoms with E-state index in [1.54, 1.807) is 37.3 Å². The van der Waals surface area contributed by atoms with Crippen LogP contribution in [0, 0.1) is 50.7 Å². The Kier molecular flexibility index (Phi) is 2.98. The molecule has 4 atom stereocenters. The lowest BCUT2D eigenvalue weighted by Gasteiger charge is -2.60. The molecule has 23 heavy (non-hydrogen) atoms. The van der Waals surface area contributed by atoms with E-state index in [1.807, 2.05) is 18.2 Å². The summed E-state index contributed by atoms with van der Waals surface area (Å²) in [6.07, 6.45) is -0.281. The Morgan fingerprint density at radius 2 is 1.78 bits per heavy atom. The monoisotopic (exact) mass is 306 g/mol. The predicted octanol–water partition coefficient (Wildman–Crippen LogP) is 1.17. The number of nitriles is 3. The molecule has 1 aromatic rings. The van der Waals surface area contributed by atoms with Gasteiger partial charge in [0.1, 0.15) is 5.72 Å². The lowest BCUT2D eigenvalue weighted by molar-refractivity contribution is -0.193. The van der Waals surface area contributed by atoms with Gasteiger partial charge in [-0.25, -0.2) is 0 Å². The van der Waals surface area contributed by atoms with Crippen molar-refractivity contribution in [3.8, 4) is 18.2 Å². The minimum atomic E-state index is -1.90. The zero-order chi connectivity index (χ0) is 16.9. The fraction of sp³-hybridized carbons (Fsp3) is 0.412. The van der Waals surface area contributed by atoms with Gasteiger partial charge in [-0.1, -0.05) is 37.3 Å². The van der Waals surface area contributed by atoms with E-state index in [0.29, 0.717) is 5.56 Å². The molecule has 0 spiro atoms. The van der Waals surface area contributed by atoms with Gasteiger partial charge in [0.25, 0.3) is 0 Å². The van der Waals surface area contributed by atoms with E-state index >= 15 is 0 Å². The van der Waals surface area contributed by atoms with E-state index in [-0.39, 0.29) is 6.42 Å². The Bertz CT molecular complexity index is 787. The molecule has 0 aromatic heterocycles. The molecule has 6 heteroatoms. The molecular formula is C17H14N4O2. The summed E-state index contributed by atoms with van der Waals surface area (Å²) in [6, 6.07) is 14.5. The highest BCUT2D eigenvalue weighted by atomic mass is 16.3. The normalized spacial score (nSPS) is 37.1. The summed E-state index contributed by atoms with van der Waals surface area (Å²) >= 11 is 0. The Morgan fingerprint density at radius 3 is 2.30 bits per heavy atom. The fourth-order valence-electron chi connectivity index (χ4n) is 4.10. The van der Waals surface area contributed by atoms with Gasteiger partial charge in [0.05, 0.1) is 18.2 Å². The number of fused-ring (bicyclic) bond motifs is 3. The molecule has 1 aromatic carbocycles. The van der Waals surface area contributed by atoms with E-state index in [0.717, 1.165) is 0 Å². The summed E-state index contributed by atoms with van der Waals surface area (Å²) in [4.78, 5) is 12.7. The number of carbonyl (C=O) groups is 1. The Labute approximate surface area is 133 Å². The molecule has 114 valence electrons. The third-order valence-electron chi connectivity index (χ3n) is 5.33. The van der Waals surface area contributed by atoms with Gasteiger partial charge in [-0.05, 0) is 5.56 Å². The summed E-state index contributed by atoms with van der Waals surface area (Å²) in [5.74, 6) is -2.03. The van der Waals surface area contributed by atoms with Crippen molar-refractivity contribution in [3.63, 3.8) is 0 Å². The number of amides is 1. The van der Waals surface area contributed by atoms with Crippen LogP contribution in [0.3, 0.4) is 0 Å². The van der Waals surface area contributed by atoms with Crippen LogP contribution in [0.1, 0.15) is 24.8 Å². The maximum absolute atomic E-state index is 12.7. The van der Waals surface area contributed by atoms with Crippen molar-refractivity contribution in [3.05, 3.63) is 35.9 Å². The summed E-state index contributed by atoms with van der Waals surface area (Å²) in [7, 11) is 0. The third kappa shape index (κ3) is 1.55. The first-order chi connectivity index (χ1) is 10.9. The van der Waals surface area contributed by atoms with Crippen LogP contribution in [0.2, 0.25) is 0 Å². The van der Waals surface area contributed by atoms with Crippen molar-refractivity contribution in [2.45, 2.75) is 25.0 Å². The summed E-state index contributed by atoms with van der Waals surface area (Å²) in [5.41, 5.74) is -4.79. The first kappa shape index (κ1) is 15.0. The molecule has 1 saturated carbocycles. The lowest BCUT2D eigenvalue weighted by Crippen LogP contribution is -2.76. The van der Waals surface area contributed by atoms with E-state index < -0.39 is 34.3 Å². The van der Waals surface area contributed by atoms with Crippen molar-refractivity contribution >= 4 is 5.91 Å². The Balaban J connectivity index is 2.36. The van der Waals surface area contributed by atoms with Crippen molar-refractivity contribution in [2.75, 3.05) is 0 Å². The quantitative estimate of drug-likeness (QED) is 0.806. The summed E-state index contributed by atoms with van der Waals surface area (Å²) < 4.78 is 0. The molecule has 2 saturated heterocycles. The third-order valence-corrected chi connectivity index (χ3v) is 5.33. The zero-order valence-electron chi connectivity index (χ0n) is 12.4. The van der Waals surface area contributed by atoms with Crippen LogP contribution in [-0.4, -0.2) is 16.7 Å². The van der Waals surface area contributed by atoms with Crippen LogP contribution >= 0.6 is 0 Å². The van der Waals surface area contributed by atoms with E-state index in [4.69, 9.17) is 0 Å². The number of nitrogens with one attached hydrogen (secondary N) is 1. The van der Waals surface area contributed by atoms with E-state index in [2.05, 4.69) is 5.32 Å². The number of carbonyl (C=O) groups excluding carboxylic acids is 1. The van der Waals surface area contributed by atoms with Crippen molar-refractivity contribution in [2.24, 2.45) is 16.7 Å². The van der Waals surface area contributed by atoms with Crippen LogP contribution < -0.4 is 5.32 Å². The number of benzene rings is 1. The first-order valence-corrected chi connectivity index (χ1v) is 7.24. The lowest BCUT2D eigenvalue weighted by atomic mass is 9.44. The highest BCUT2D eigenvalue weighted by Crippen LogP contribution is 2.64. The standard InChI is InChI=1S/C17H14N4O2/c1-11-13(12-5-3-2-4-6-12)16(10-20)14(22)21-17(11,23)7-15(16,8-18)9-19/h2-6,11,13,23H,7H2,1H3,(H,21,22)/t11-,13+,16-,17+/m0/s1. The van der Waals surface area contributed by atoms with Crippen LogP contribution in [0.4, 0.5) is 0 Å². The molecule has 2 N–H and O–H groups in total. The number of hydrogen-bond donors (Lipinski definition) is 2. The Morgan fingerprint density at radius 1 is 1.17 bits per heavy atom. The highest BCUT2D eigenvalue weighted by molar-refractivity contribution is 5.92. The molecule has 6 nitrogen and oxygen atoms in total. The van der Waals surface area contributed by atoms with Gasteiger partial charge in [-0.2, -0.15) is 15.8 Å². The van der Waals surface area contributed by atoms with Gasteiger partial charge >= 0.3 is 0 Å². The van der Waals surface area contributed by atoms with Crippen LogP contribution in [0.25, 0.3) is 0 Å². The number of hydrogen-bond acceptors (Lipinski definition) is 5. The van der Waals surface area contributed by atoms with Crippen molar-refractivity contribution in [1.82, 2.24) is 5.32 Å². The average molecular weight is 306 g/mol. The van der Waals surface area contributed by atoms with Gasteiger partial charge < -0.3 is 10.4 Å². The second kappa shape index (κ2) is 4.56. The van der Waals surface area contributed by atoms with Crippen LogP contribution in [-0.2, 0) is 4.79 Å². The van der Waals surface area contributed by atoms with E-state index in [9.17, 15) is 25.7 Å². The molecule has 3 fully saturated rings. The minimum Gasteiger partial charge on any atom is -0.371 e. The highest BCUT2D eigenvalue weighted by Gasteiger charge is 2.76. The van der Waals surface area contributed by atoms with Gasteiger partial charge in [0.2, 0.25) is 5.91 Å². The van der Waals surface area contributed by atoms with Gasteiger partial charge in [0, 0.05) is 18.3 Å². The zero-order valence-corrected chi connectivity index (χ0v) is 12.4. The molecule has 0 radical (unpaired) electrons. The number of nitrogens with zero attached hydrogens (tertiary/aromatic N) is 3. The van der Waals surface area contributed by atoms with Gasteiger partial charge in [0.15, 0.2) is 10.8 Å². The molecule has 2 heterocycles. The summed E-state index contributed by atoms with van der Waals surface area (Å²) in [6.45, 7) is 1.72. The second-order valence-electron chi connectivity index (χ2n) is 6.28. The molecule has 0 unspecified atom stereocenters. The Hall–Kier alpha value is -2.88. The SMILES string of the molecule is C[C@H]1[C@H](c2ccccc2)[C@@]2(C#N)C(=O)N[C@@]1(O)CC2(C#N)C#N. The maximum atomic E-state index is 12.7. The first-order valence-electron chi connectivity index (χ1n) is 7.24. The molecule has 2 bridgehead atoms. The van der Waals surface area contributed by atoms with E-state index in [1.165, 1.54) is 0 Å². The smallest absolute Gasteiger partial charge is 0.246 e. The number of aliphatic hydroxyl groups is 1. The maximum Gasteiger partial charge on any atom is 0.246 e. The minimum absolute atomic E-state index is 0.281. The number of rotatable bonds is 1. The molecule has 1 amide bonds. The van der Waals surface area contributed by atoms with Gasteiger partial charge in [-0.3, -0.25) is 4.79 Å². The van der Waals surface area contributed by atoms with Crippen LogP contribution in [0.15, 0.2) is 30.3 Å². The molecule has 4 rings (SSSR count). The van der Waals surface area contributed by atoms with Crippen LogP contribution in [0.5, 0.6) is 0 Å². The molecule has 2 aliphatic heterocycles. The van der Waals surface area contributed by atoms with Crippen molar-refractivity contribution in [1.29, 1.82) is 15.8 Å². The fourth-order valence-corrected chi connectivity index (χ4v) is 4.10. The summed E-state index contributed by atoms with van der Waals surface area (Å²) in [5, 5.41) is 42.4. The molecule has 3 aliphatic rings. The molecule has 1 aliphatic carbocycles. The molecular weight excluding hydrogens is 292 g/mol. The number of piperidine rings is 2. The second-order valence-corrected chi connectivity index (χ2v) is 6.28. The largest absolute Gasteiger partial charge is 0.371 e. The van der Waals surface area contributed by atoms with Gasteiger partial charge in [-0.15, -0.1) is 0 Å².